The molecule has 0 aromatic rings. The molecule has 3 atom stereocenters. The highest BCUT2D eigenvalue weighted by Crippen LogP contribution is 2.27. The maximum absolute atomic E-state index is 5.72. The third kappa shape index (κ3) is 2.41. The van der Waals surface area contributed by atoms with E-state index in [4.69, 9.17) is 4.74 Å². The van der Waals surface area contributed by atoms with Crippen LogP contribution in [0.5, 0.6) is 0 Å². The van der Waals surface area contributed by atoms with Gasteiger partial charge in [0.25, 0.3) is 0 Å². The van der Waals surface area contributed by atoms with Crippen LogP contribution < -0.4 is 5.32 Å². The lowest BCUT2D eigenvalue weighted by Crippen LogP contribution is -2.64. The molecule has 0 aromatic heterocycles. The predicted octanol–water partition coefficient (Wildman–Crippen LogP) is 1.63. The Bertz CT molecular complexity index is 242. The standard InChI is InChI=1S/C13H26N2O/c1-5-11-8-14-13(3,4)9-15(11)12-6-7-16-10(12)2/h10-12,14H,5-9H2,1-4H3. The van der Waals surface area contributed by atoms with Crippen molar-refractivity contribution in [1.82, 2.24) is 10.2 Å². The molecular weight excluding hydrogens is 200 g/mol. The van der Waals surface area contributed by atoms with Gasteiger partial charge in [-0.2, -0.15) is 0 Å². The maximum atomic E-state index is 5.72. The molecule has 0 bridgehead atoms. The van der Waals surface area contributed by atoms with E-state index in [1.807, 2.05) is 0 Å². The van der Waals surface area contributed by atoms with Crippen molar-refractivity contribution >= 4 is 0 Å². The van der Waals surface area contributed by atoms with Crippen LogP contribution in [0.3, 0.4) is 0 Å². The van der Waals surface area contributed by atoms with Crippen molar-refractivity contribution in [2.75, 3.05) is 19.7 Å². The summed E-state index contributed by atoms with van der Waals surface area (Å²) in [5, 5.41) is 3.65. The highest BCUT2D eigenvalue weighted by atomic mass is 16.5. The summed E-state index contributed by atoms with van der Waals surface area (Å²) in [6.07, 6.45) is 2.84. The summed E-state index contributed by atoms with van der Waals surface area (Å²) in [5.41, 5.74) is 0.244. The lowest BCUT2D eigenvalue weighted by atomic mass is 9.94. The zero-order valence-corrected chi connectivity index (χ0v) is 11.1. The molecule has 2 rings (SSSR count). The molecule has 16 heavy (non-hydrogen) atoms. The Labute approximate surface area is 99.5 Å². The summed E-state index contributed by atoms with van der Waals surface area (Å²) >= 11 is 0. The van der Waals surface area contributed by atoms with E-state index in [0.717, 1.165) is 19.7 Å². The highest BCUT2D eigenvalue weighted by molar-refractivity contribution is 4.96. The average molecular weight is 226 g/mol. The molecular formula is C13H26N2O. The fraction of sp³-hybridized carbons (Fsp3) is 1.00. The van der Waals surface area contributed by atoms with E-state index in [1.54, 1.807) is 0 Å². The van der Waals surface area contributed by atoms with Crippen LogP contribution in [0.1, 0.15) is 40.5 Å². The quantitative estimate of drug-likeness (QED) is 0.774. The fourth-order valence-electron chi connectivity index (χ4n) is 3.08. The number of nitrogens with one attached hydrogen (secondary N) is 1. The van der Waals surface area contributed by atoms with Crippen LogP contribution in [-0.4, -0.2) is 48.3 Å². The summed E-state index contributed by atoms with van der Waals surface area (Å²) in [7, 11) is 0. The third-order valence-corrected chi connectivity index (χ3v) is 4.10. The first-order valence-electron chi connectivity index (χ1n) is 6.66. The van der Waals surface area contributed by atoms with Crippen LogP contribution >= 0.6 is 0 Å². The summed E-state index contributed by atoms with van der Waals surface area (Å²) in [6, 6.07) is 1.31. The number of hydrogen-bond acceptors (Lipinski definition) is 3. The summed E-state index contributed by atoms with van der Waals surface area (Å²) in [6.45, 7) is 12.3. The van der Waals surface area contributed by atoms with Crippen LogP contribution in [0.15, 0.2) is 0 Å². The van der Waals surface area contributed by atoms with Crippen LogP contribution in [0.2, 0.25) is 0 Å². The summed E-state index contributed by atoms with van der Waals surface area (Å²) < 4.78 is 5.72. The van der Waals surface area contributed by atoms with Crippen molar-refractivity contribution in [3.05, 3.63) is 0 Å². The molecule has 3 heteroatoms. The van der Waals surface area contributed by atoms with Crippen molar-refractivity contribution in [3.63, 3.8) is 0 Å². The van der Waals surface area contributed by atoms with Crippen LogP contribution in [0.25, 0.3) is 0 Å². The van der Waals surface area contributed by atoms with Crippen LogP contribution in [-0.2, 0) is 4.74 Å². The van der Waals surface area contributed by atoms with E-state index in [9.17, 15) is 0 Å². The molecule has 3 unspecified atom stereocenters. The molecule has 2 heterocycles. The largest absolute Gasteiger partial charge is 0.377 e. The van der Waals surface area contributed by atoms with E-state index in [2.05, 4.69) is 37.9 Å². The Morgan fingerprint density at radius 1 is 1.44 bits per heavy atom. The van der Waals surface area contributed by atoms with Crippen LogP contribution in [0.4, 0.5) is 0 Å². The first-order valence-corrected chi connectivity index (χ1v) is 6.66. The maximum Gasteiger partial charge on any atom is 0.0703 e. The van der Waals surface area contributed by atoms with E-state index < -0.39 is 0 Å². The minimum Gasteiger partial charge on any atom is -0.377 e. The second-order valence-electron chi connectivity index (χ2n) is 5.93. The topological polar surface area (TPSA) is 24.5 Å². The zero-order valence-electron chi connectivity index (χ0n) is 11.1. The summed E-state index contributed by atoms with van der Waals surface area (Å²) in [4.78, 5) is 2.69. The van der Waals surface area contributed by atoms with Crippen LogP contribution in [0, 0.1) is 0 Å². The van der Waals surface area contributed by atoms with Gasteiger partial charge in [0.15, 0.2) is 0 Å². The lowest BCUT2D eigenvalue weighted by molar-refractivity contribution is 0.0149. The minimum atomic E-state index is 0.244. The molecule has 0 spiro atoms. The van der Waals surface area contributed by atoms with Crippen molar-refractivity contribution in [2.24, 2.45) is 0 Å². The van der Waals surface area contributed by atoms with E-state index in [0.29, 0.717) is 18.2 Å². The number of hydrogen-bond donors (Lipinski definition) is 1. The minimum absolute atomic E-state index is 0.244. The van der Waals surface area contributed by atoms with Gasteiger partial charge in [0, 0.05) is 37.3 Å². The Kier molecular flexibility index (Phi) is 3.57. The van der Waals surface area contributed by atoms with Gasteiger partial charge in [-0.15, -0.1) is 0 Å². The zero-order chi connectivity index (χ0) is 11.8. The van der Waals surface area contributed by atoms with Crippen molar-refractivity contribution in [3.8, 4) is 0 Å². The molecule has 3 nitrogen and oxygen atoms in total. The van der Waals surface area contributed by atoms with E-state index in [1.165, 1.54) is 12.8 Å². The Hall–Kier alpha value is -0.120. The fourth-order valence-corrected chi connectivity index (χ4v) is 3.08. The molecule has 0 saturated carbocycles. The Balaban J connectivity index is 2.08. The molecule has 0 aromatic carbocycles. The Morgan fingerprint density at radius 3 is 2.75 bits per heavy atom. The molecule has 2 aliphatic rings. The van der Waals surface area contributed by atoms with Crippen molar-refractivity contribution < 1.29 is 4.74 Å². The van der Waals surface area contributed by atoms with Crippen molar-refractivity contribution in [2.45, 2.75) is 64.3 Å². The second kappa shape index (κ2) is 4.63. The highest BCUT2D eigenvalue weighted by Gasteiger charge is 2.39. The number of nitrogens with zero attached hydrogens (tertiary/aromatic N) is 1. The smallest absolute Gasteiger partial charge is 0.0703 e. The van der Waals surface area contributed by atoms with Gasteiger partial charge in [-0.25, -0.2) is 0 Å². The van der Waals surface area contributed by atoms with Gasteiger partial charge in [-0.05, 0) is 33.6 Å². The van der Waals surface area contributed by atoms with Gasteiger partial charge < -0.3 is 10.1 Å². The normalized spacial score (nSPS) is 40.1. The van der Waals surface area contributed by atoms with Gasteiger partial charge in [0.2, 0.25) is 0 Å². The first kappa shape index (κ1) is 12.3. The van der Waals surface area contributed by atoms with Gasteiger partial charge in [0.05, 0.1) is 6.10 Å². The molecule has 2 saturated heterocycles. The van der Waals surface area contributed by atoms with Gasteiger partial charge in [-0.3, -0.25) is 4.90 Å². The molecule has 94 valence electrons. The number of ether oxygens (including phenoxy) is 1. The molecule has 0 radical (unpaired) electrons. The molecule has 2 fully saturated rings. The Morgan fingerprint density at radius 2 is 2.19 bits per heavy atom. The van der Waals surface area contributed by atoms with Crippen molar-refractivity contribution in [1.29, 1.82) is 0 Å². The molecule has 2 aliphatic heterocycles. The van der Waals surface area contributed by atoms with E-state index in [-0.39, 0.29) is 5.54 Å². The van der Waals surface area contributed by atoms with E-state index >= 15 is 0 Å². The van der Waals surface area contributed by atoms with Gasteiger partial charge >= 0.3 is 0 Å². The average Bonchev–Trinajstić information content (AvgIpc) is 2.63. The number of piperazine rings is 1. The molecule has 0 amide bonds. The first-order chi connectivity index (χ1) is 7.53. The number of rotatable bonds is 2. The molecule has 1 N–H and O–H groups in total. The lowest BCUT2D eigenvalue weighted by Gasteiger charge is -2.47. The summed E-state index contributed by atoms with van der Waals surface area (Å²) in [5.74, 6) is 0. The SMILES string of the molecule is CCC1CNC(C)(C)CN1C1CCOC1C. The van der Waals surface area contributed by atoms with Gasteiger partial charge in [0.1, 0.15) is 0 Å². The monoisotopic (exact) mass is 226 g/mol. The van der Waals surface area contributed by atoms with Gasteiger partial charge in [-0.1, -0.05) is 6.92 Å². The third-order valence-electron chi connectivity index (χ3n) is 4.10. The second-order valence-corrected chi connectivity index (χ2v) is 5.93. The predicted molar refractivity (Wildman–Crippen MR) is 66.7 cm³/mol. The molecule has 0 aliphatic carbocycles.